The van der Waals surface area contributed by atoms with Crippen LogP contribution in [0.4, 0.5) is 0 Å². The van der Waals surface area contributed by atoms with Gasteiger partial charge in [0.15, 0.2) is 0 Å². The van der Waals surface area contributed by atoms with Gasteiger partial charge in [-0.05, 0) is 32.1 Å². The molecule has 0 aliphatic carbocycles. The molecule has 0 bridgehead atoms. The molecule has 1 heterocycles. The zero-order valence-corrected chi connectivity index (χ0v) is 18.6. The van der Waals surface area contributed by atoms with E-state index < -0.39 is 24.4 Å². The Bertz CT molecular complexity index is 387. The van der Waals surface area contributed by atoms with Crippen LogP contribution in [0, 0.1) is 0 Å². The molecule has 1 aliphatic rings. The molecule has 0 amide bonds. The topological polar surface area (TPSA) is 79.2 Å². The van der Waals surface area contributed by atoms with Crippen LogP contribution in [0.3, 0.4) is 0 Å². The quantitative estimate of drug-likeness (QED) is 0.214. The monoisotopic (exact) mass is 414 g/mol. The highest BCUT2D eigenvalue weighted by atomic mass is 16.5. The number of rotatable bonds is 19. The SMILES string of the molecule is CCCCCCC/C=C/CCCCCCCCCOC[C@H](O)[C@H]1OC[C@@H](O)[C@H]1O. The van der Waals surface area contributed by atoms with Gasteiger partial charge in [0.25, 0.3) is 0 Å². The van der Waals surface area contributed by atoms with Crippen LogP contribution in [0.25, 0.3) is 0 Å². The number of hydrogen-bond acceptors (Lipinski definition) is 5. The molecule has 0 aromatic carbocycles. The van der Waals surface area contributed by atoms with Gasteiger partial charge < -0.3 is 24.8 Å². The van der Waals surface area contributed by atoms with Gasteiger partial charge in [0.05, 0.1) is 13.2 Å². The van der Waals surface area contributed by atoms with Gasteiger partial charge in [-0.15, -0.1) is 0 Å². The summed E-state index contributed by atoms with van der Waals surface area (Å²) < 4.78 is 10.7. The molecular weight excluding hydrogens is 368 g/mol. The first-order chi connectivity index (χ1) is 14.2. The van der Waals surface area contributed by atoms with Gasteiger partial charge >= 0.3 is 0 Å². The number of hydrogen-bond donors (Lipinski definition) is 3. The van der Waals surface area contributed by atoms with Crippen molar-refractivity contribution in [2.45, 2.75) is 121 Å². The summed E-state index contributed by atoms with van der Waals surface area (Å²) >= 11 is 0. The predicted octanol–water partition coefficient (Wildman–Crippen LogP) is 4.52. The lowest BCUT2D eigenvalue weighted by Crippen LogP contribution is -2.40. The molecule has 3 N–H and O–H groups in total. The summed E-state index contributed by atoms with van der Waals surface area (Å²) in [6, 6.07) is 0. The Balaban J connectivity index is 1.78. The van der Waals surface area contributed by atoms with E-state index in [0.717, 1.165) is 12.8 Å². The van der Waals surface area contributed by atoms with Gasteiger partial charge in [0, 0.05) is 6.61 Å². The fourth-order valence-electron chi connectivity index (χ4n) is 3.72. The van der Waals surface area contributed by atoms with Crippen LogP contribution in [0.2, 0.25) is 0 Å². The normalized spacial score (nSPS) is 23.2. The predicted molar refractivity (Wildman–Crippen MR) is 118 cm³/mol. The van der Waals surface area contributed by atoms with Crippen LogP contribution >= 0.6 is 0 Å². The molecule has 0 spiro atoms. The second-order valence-electron chi connectivity index (χ2n) is 8.44. The molecule has 1 fully saturated rings. The largest absolute Gasteiger partial charge is 0.388 e. The second kappa shape index (κ2) is 18.3. The van der Waals surface area contributed by atoms with Crippen molar-refractivity contribution in [2.24, 2.45) is 0 Å². The maximum atomic E-state index is 9.95. The molecule has 4 atom stereocenters. The third-order valence-electron chi connectivity index (χ3n) is 5.66. The van der Waals surface area contributed by atoms with E-state index in [2.05, 4.69) is 19.1 Å². The Morgan fingerprint density at radius 1 is 0.862 bits per heavy atom. The standard InChI is InChI=1S/C24H46O5/c1-2-3-4-5-6-7-8-9-10-11-12-13-14-15-16-17-18-28-19-22(26)24-23(27)21(25)20-29-24/h8-9,21-27H,2-7,10-20H2,1H3/b9-8+/t21-,22+,23-,24-/m1/s1. The molecule has 1 aliphatic heterocycles. The lowest BCUT2D eigenvalue weighted by molar-refractivity contribution is -0.0813. The first-order valence-corrected chi connectivity index (χ1v) is 12.0. The summed E-state index contributed by atoms with van der Waals surface area (Å²) in [7, 11) is 0. The lowest BCUT2D eigenvalue weighted by atomic mass is 10.1. The van der Waals surface area contributed by atoms with Crippen LogP contribution < -0.4 is 0 Å². The Labute approximate surface area is 178 Å². The van der Waals surface area contributed by atoms with E-state index in [4.69, 9.17) is 9.47 Å². The van der Waals surface area contributed by atoms with E-state index in [9.17, 15) is 15.3 Å². The number of allylic oxidation sites excluding steroid dienone is 2. The van der Waals surface area contributed by atoms with Crippen LogP contribution in [0.5, 0.6) is 0 Å². The molecule has 172 valence electrons. The Morgan fingerprint density at radius 2 is 1.41 bits per heavy atom. The zero-order valence-electron chi connectivity index (χ0n) is 18.6. The molecule has 5 nitrogen and oxygen atoms in total. The van der Waals surface area contributed by atoms with Crippen molar-refractivity contribution in [2.75, 3.05) is 19.8 Å². The van der Waals surface area contributed by atoms with Gasteiger partial charge in [-0.2, -0.15) is 0 Å². The van der Waals surface area contributed by atoms with E-state index >= 15 is 0 Å². The molecule has 0 saturated carbocycles. The lowest BCUT2D eigenvalue weighted by Gasteiger charge is -2.20. The van der Waals surface area contributed by atoms with Gasteiger partial charge in [-0.25, -0.2) is 0 Å². The molecule has 0 unspecified atom stereocenters. The summed E-state index contributed by atoms with van der Waals surface area (Å²) in [6.07, 6.45) is 19.0. The zero-order chi connectivity index (χ0) is 21.2. The summed E-state index contributed by atoms with van der Waals surface area (Å²) in [5.74, 6) is 0. The fraction of sp³-hybridized carbons (Fsp3) is 0.917. The van der Waals surface area contributed by atoms with Gasteiger partial charge in [-0.3, -0.25) is 0 Å². The van der Waals surface area contributed by atoms with Crippen molar-refractivity contribution >= 4 is 0 Å². The average Bonchev–Trinajstić information content (AvgIpc) is 3.05. The summed E-state index contributed by atoms with van der Waals surface area (Å²) in [5.41, 5.74) is 0. The first kappa shape index (κ1) is 26.6. The van der Waals surface area contributed by atoms with Crippen molar-refractivity contribution in [3.05, 3.63) is 12.2 Å². The molecule has 0 radical (unpaired) electrons. The summed E-state index contributed by atoms with van der Waals surface area (Å²) in [4.78, 5) is 0. The van der Waals surface area contributed by atoms with E-state index in [1.165, 1.54) is 77.0 Å². The molecule has 29 heavy (non-hydrogen) atoms. The average molecular weight is 415 g/mol. The minimum atomic E-state index is -1.03. The molecule has 1 saturated heterocycles. The van der Waals surface area contributed by atoms with Crippen LogP contribution in [0.1, 0.15) is 96.8 Å². The van der Waals surface area contributed by atoms with Crippen LogP contribution in [0.15, 0.2) is 12.2 Å². The van der Waals surface area contributed by atoms with Gasteiger partial charge in [-0.1, -0.05) is 76.9 Å². The third-order valence-corrected chi connectivity index (χ3v) is 5.66. The maximum Gasteiger partial charge on any atom is 0.114 e. The van der Waals surface area contributed by atoms with Crippen molar-refractivity contribution in [1.82, 2.24) is 0 Å². The molecule has 0 aromatic heterocycles. The number of ether oxygens (including phenoxy) is 2. The van der Waals surface area contributed by atoms with Crippen molar-refractivity contribution < 1.29 is 24.8 Å². The number of aliphatic hydroxyl groups is 3. The minimum absolute atomic E-state index is 0.0678. The number of unbranched alkanes of at least 4 members (excludes halogenated alkanes) is 12. The minimum Gasteiger partial charge on any atom is -0.388 e. The molecule has 0 aromatic rings. The van der Waals surface area contributed by atoms with E-state index in [1.54, 1.807) is 0 Å². The van der Waals surface area contributed by atoms with Crippen LogP contribution in [-0.2, 0) is 9.47 Å². The van der Waals surface area contributed by atoms with Gasteiger partial charge in [0.2, 0.25) is 0 Å². The maximum absolute atomic E-state index is 9.95. The summed E-state index contributed by atoms with van der Waals surface area (Å²) in [6.45, 7) is 3.08. The second-order valence-corrected chi connectivity index (χ2v) is 8.44. The van der Waals surface area contributed by atoms with Crippen molar-refractivity contribution in [3.63, 3.8) is 0 Å². The highest BCUT2D eigenvalue weighted by Crippen LogP contribution is 2.18. The van der Waals surface area contributed by atoms with E-state index in [0.29, 0.717) is 6.61 Å². The Hall–Kier alpha value is -0.460. The molecule has 1 rings (SSSR count). The number of aliphatic hydroxyl groups excluding tert-OH is 3. The molecular formula is C24H46O5. The van der Waals surface area contributed by atoms with Crippen LogP contribution in [-0.4, -0.2) is 59.6 Å². The smallest absolute Gasteiger partial charge is 0.114 e. The van der Waals surface area contributed by atoms with Gasteiger partial charge in [0.1, 0.15) is 24.4 Å². The fourth-order valence-corrected chi connectivity index (χ4v) is 3.72. The third kappa shape index (κ3) is 13.5. The van der Waals surface area contributed by atoms with E-state index in [1.807, 2.05) is 0 Å². The Kier molecular flexibility index (Phi) is 16.8. The van der Waals surface area contributed by atoms with Crippen molar-refractivity contribution in [3.8, 4) is 0 Å². The summed E-state index contributed by atoms with van der Waals surface area (Å²) in [5, 5.41) is 29.0. The Morgan fingerprint density at radius 3 is 1.97 bits per heavy atom. The highest BCUT2D eigenvalue weighted by molar-refractivity contribution is 4.87. The highest BCUT2D eigenvalue weighted by Gasteiger charge is 2.39. The van der Waals surface area contributed by atoms with Crippen molar-refractivity contribution in [1.29, 1.82) is 0 Å². The van der Waals surface area contributed by atoms with E-state index in [-0.39, 0.29) is 13.2 Å². The first-order valence-electron chi connectivity index (χ1n) is 12.0. The molecule has 5 heteroatoms.